The molecule has 0 aromatic heterocycles. The largest absolute Gasteiger partial charge is 0.451 e. The van der Waals surface area contributed by atoms with Crippen LogP contribution >= 0.6 is 0 Å². The Labute approximate surface area is 231 Å². The van der Waals surface area contributed by atoms with Crippen LogP contribution in [-0.2, 0) is 43.0 Å². The van der Waals surface area contributed by atoms with Gasteiger partial charge in [0.25, 0.3) is 17.7 Å². The van der Waals surface area contributed by atoms with Crippen LogP contribution in [0.5, 0.6) is 0 Å². The number of nitrogens with zero attached hydrogens (tertiary/aromatic N) is 3. The van der Waals surface area contributed by atoms with Gasteiger partial charge in [-0.05, 0) is 38.5 Å². The van der Waals surface area contributed by atoms with E-state index in [-0.39, 0.29) is 0 Å². The predicted octanol–water partition coefficient (Wildman–Crippen LogP) is 1.24. The van der Waals surface area contributed by atoms with Crippen LogP contribution in [0.4, 0.5) is 0 Å². The van der Waals surface area contributed by atoms with Crippen LogP contribution in [-0.4, -0.2) is 108 Å². The molecule has 3 amide bonds. The molecule has 0 bridgehead atoms. The first-order valence-electron chi connectivity index (χ1n) is 13.3. The Balaban J connectivity index is 3.61. The molecule has 0 aromatic rings. The topological polar surface area (TPSA) is 140 Å². The van der Waals surface area contributed by atoms with Crippen molar-refractivity contribution in [2.75, 3.05) is 21.1 Å². The summed E-state index contributed by atoms with van der Waals surface area (Å²) in [6, 6.07) is -3.26. The molecule has 1 heterocycles. The fraction of sp³-hybridized carbons (Fsp3) is 0.778. The van der Waals surface area contributed by atoms with Crippen molar-refractivity contribution >= 4 is 35.6 Å². The van der Waals surface area contributed by atoms with Crippen molar-refractivity contribution < 1.29 is 43.0 Å². The van der Waals surface area contributed by atoms with Crippen LogP contribution in [0.1, 0.15) is 62.3 Å². The summed E-state index contributed by atoms with van der Waals surface area (Å²) in [6.45, 7) is 14.3. The molecule has 1 rings (SSSR count). The summed E-state index contributed by atoms with van der Waals surface area (Å²) in [5, 5.41) is 0. The normalized spacial score (nSPS) is 29.5. The Bertz CT molecular complexity index is 830. The molecule has 1 aliphatic rings. The van der Waals surface area contributed by atoms with Gasteiger partial charge in [0, 0.05) is 21.1 Å². The van der Waals surface area contributed by atoms with Crippen molar-refractivity contribution in [3.63, 3.8) is 0 Å². The molecule has 1 fully saturated rings. The maximum Gasteiger partial charge on any atom is 0.329 e. The first-order valence-corrected chi connectivity index (χ1v) is 13.3. The molecule has 12 nitrogen and oxygen atoms in total. The highest BCUT2D eigenvalue weighted by molar-refractivity contribution is 5.93. The number of hydrogen-bond acceptors (Lipinski definition) is 9. The van der Waals surface area contributed by atoms with E-state index in [4.69, 9.17) is 14.2 Å². The van der Waals surface area contributed by atoms with Crippen LogP contribution in [0.2, 0.25) is 0 Å². The number of rotatable bonds is 3. The second-order valence-corrected chi connectivity index (χ2v) is 11.2. The summed E-state index contributed by atoms with van der Waals surface area (Å²) >= 11 is 0. The van der Waals surface area contributed by atoms with Gasteiger partial charge in [-0.25, -0.2) is 14.4 Å². The molecular formula is C27H45N3O9. The molecule has 0 radical (unpaired) electrons. The van der Waals surface area contributed by atoms with E-state index in [2.05, 4.69) is 0 Å². The van der Waals surface area contributed by atoms with Crippen LogP contribution in [0.15, 0.2) is 0 Å². The predicted molar refractivity (Wildman–Crippen MR) is 141 cm³/mol. The summed E-state index contributed by atoms with van der Waals surface area (Å²) in [4.78, 5) is 82.4. The zero-order chi connectivity index (χ0) is 30.5. The number of ether oxygens (including phenoxy) is 3. The number of hydrogen-bond donors (Lipinski definition) is 0. The molecule has 1 aliphatic heterocycles. The fourth-order valence-electron chi connectivity index (χ4n) is 4.79. The van der Waals surface area contributed by atoms with Gasteiger partial charge in [0.2, 0.25) is 0 Å². The van der Waals surface area contributed by atoms with Gasteiger partial charge in [-0.3, -0.25) is 14.4 Å². The number of carbonyl (C=O) groups excluding carboxylic acids is 6. The molecular weight excluding hydrogens is 510 g/mol. The van der Waals surface area contributed by atoms with E-state index in [1.165, 1.54) is 41.9 Å². The van der Waals surface area contributed by atoms with Gasteiger partial charge in [0.05, 0.1) is 0 Å². The van der Waals surface area contributed by atoms with E-state index in [1.54, 1.807) is 41.5 Å². The third kappa shape index (κ3) is 7.92. The monoisotopic (exact) mass is 555 g/mol. The molecule has 39 heavy (non-hydrogen) atoms. The SMILES string of the molecule is CC(C)[C@H]1C(=O)O[C@H](C)C(=O)N(C)[C@@H](C(C)C)C(=O)O[C@H](C)C(=O)N(C)[C@@H](C(C)C)C(=O)O[C@H](C)C(=O)N1C. The summed E-state index contributed by atoms with van der Waals surface area (Å²) in [5.41, 5.74) is 0. The number of cyclic esters (lactones) is 3. The van der Waals surface area contributed by atoms with Gasteiger partial charge in [-0.2, -0.15) is 0 Å². The van der Waals surface area contributed by atoms with E-state index >= 15 is 0 Å². The van der Waals surface area contributed by atoms with E-state index in [1.807, 2.05) is 0 Å². The van der Waals surface area contributed by atoms with E-state index in [0.717, 1.165) is 14.7 Å². The zero-order valence-electron chi connectivity index (χ0n) is 25.2. The second-order valence-electron chi connectivity index (χ2n) is 11.2. The number of esters is 3. The molecule has 0 aliphatic carbocycles. The Morgan fingerprint density at radius 2 is 0.641 bits per heavy atom. The Morgan fingerprint density at radius 1 is 0.462 bits per heavy atom. The van der Waals surface area contributed by atoms with E-state index in [0.29, 0.717) is 0 Å². The van der Waals surface area contributed by atoms with Crippen molar-refractivity contribution in [2.45, 2.75) is 98.8 Å². The van der Waals surface area contributed by atoms with Crippen molar-refractivity contribution in [2.24, 2.45) is 17.8 Å². The quantitative estimate of drug-likeness (QED) is 0.372. The first kappa shape index (κ1) is 33.8. The Morgan fingerprint density at radius 3 is 0.795 bits per heavy atom. The minimum absolute atomic E-state index is 0.410. The Kier molecular flexibility index (Phi) is 11.9. The van der Waals surface area contributed by atoms with Gasteiger partial charge in [0.1, 0.15) is 18.1 Å². The standard InChI is InChI=1S/C27H45N3O9/c1-13(2)19-25(34)37-17(8)23(32)29(11)21(15(5)6)27(36)39-18(9)24(33)30(12)20(14(3)4)26(35)38-16(7)22(31)28(19)10/h13-21H,1-12H3/t16-,17-,18-,19+,20+,21+/m1/s1. The maximum atomic E-state index is 13.2. The molecule has 0 spiro atoms. The number of amides is 3. The summed E-state index contributed by atoms with van der Waals surface area (Å²) in [7, 11) is 4.16. The highest BCUT2D eigenvalue weighted by Gasteiger charge is 2.41. The maximum absolute atomic E-state index is 13.2. The van der Waals surface area contributed by atoms with Crippen molar-refractivity contribution in [1.29, 1.82) is 0 Å². The molecule has 222 valence electrons. The van der Waals surface area contributed by atoms with Gasteiger partial charge < -0.3 is 28.9 Å². The fourth-order valence-corrected chi connectivity index (χ4v) is 4.79. The number of likely N-dealkylation sites (N-methyl/N-ethyl adjacent to an activating group) is 3. The lowest BCUT2D eigenvalue weighted by Gasteiger charge is -2.36. The highest BCUT2D eigenvalue weighted by Crippen LogP contribution is 2.20. The third-order valence-corrected chi connectivity index (χ3v) is 6.84. The third-order valence-electron chi connectivity index (χ3n) is 6.84. The van der Waals surface area contributed by atoms with Crippen LogP contribution in [0, 0.1) is 17.8 Å². The van der Waals surface area contributed by atoms with Crippen molar-refractivity contribution in [1.82, 2.24) is 14.7 Å². The van der Waals surface area contributed by atoms with E-state index < -0.39 is 89.8 Å². The zero-order valence-corrected chi connectivity index (χ0v) is 25.2. The summed E-state index contributed by atoms with van der Waals surface area (Å²) in [5.74, 6) is -5.67. The minimum atomic E-state index is -1.28. The molecule has 0 aromatic carbocycles. The summed E-state index contributed by atoms with van der Waals surface area (Å²) < 4.78 is 16.3. The average molecular weight is 556 g/mol. The molecule has 0 unspecified atom stereocenters. The summed E-state index contributed by atoms with van der Waals surface area (Å²) in [6.07, 6.45) is -3.85. The van der Waals surface area contributed by atoms with Crippen LogP contribution < -0.4 is 0 Å². The lowest BCUT2D eigenvalue weighted by Crippen LogP contribution is -2.55. The van der Waals surface area contributed by atoms with E-state index in [9.17, 15) is 28.8 Å². The molecule has 12 heteroatoms. The lowest BCUT2D eigenvalue weighted by atomic mass is 10.0. The molecule has 6 atom stereocenters. The van der Waals surface area contributed by atoms with Crippen LogP contribution in [0.3, 0.4) is 0 Å². The second kappa shape index (κ2) is 13.7. The van der Waals surface area contributed by atoms with Gasteiger partial charge in [-0.1, -0.05) is 41.5 Å². The van der Waals surface area contributed by atoms with Crippen molar-refractivity contribution in [3.05, 3.63) is 0 Å². The van der Waals surface area contributed by atoms with Crippen LogP contribution in [0.25, 0.3) is 0 Å². The number of carbonyl (C=O) groups is 6. The average Bonchev–Trinajstić information content (AvgIpc) is 2.80. The highest BCUT2D eigenvalue weighted by atomic mass is 16.6. The lowest BCUT2D eigenvalue weighted by molar-refractivity contribution is -0.177. The molecule has 1 saturated heterocycles. The Hall–Kier alpha value is -3.18. The first-order chi connectivity index (χ1) is 17.8. The smallest absolute Gasteiger partial charge is 0.329 e. The van der Waals surface area contributed by atoms with Gasteiger partial charge >= 0.3 is 17.9 Å². The van der Waals surface area contributed by atoms with Gasteiger partial charge in [0.15, 0.2) is 18.3 Å². The molecule has 0 N–H and O–H groups in total. The van der Waals surface area contributed by atoms with Gasteiger partial charge in [-0.15, -0.1) is 0 Å². The molecule has 0 saturated carbocycles. The minimum Gasteiger partial charge on any atom is -0.451 e. The van der Waals surface area contributed by atoms with Crippen molar-refractivity contribution in [3.8, 4) is 0 Å².